The van der Waals surface area contributed by atoms with Gasteiger partial charge in [-0.3, -0.25) is 9.59 Å². The van der Waals surface area contributed by atoms with Crippen molar-refractivity contribution in [1.82, 2.24) is 20.0 Å². The third kappa shape index (κ3) is 5.57. The Morgan fingerprint density at radius 2 is 1.85 bits per heavy atom. The molecular formula is C25H25FN4O2S. The Balaban J connectivity index is 1.37. The van der Waals surface area contributed by atoms with Crippen LogP contribution in [0.2, 0.25) is 0 Å². The monoisotopic (exact) mass is 464 g/mol. The number of nitrogens with zero attached hydrogens (tertiary/aromatic N) is 4. The second-order valence-corrected chi connectivity index (χ2v) is 9.06. The molecule has 2 aromatic carbocycles. The van der Waals surface area contributed by atoms with E-state index < -0.39 is 0 Å². The maximum atomic E-state index is 13.1. The Morgan fingerprint density at radius 3 is 2.52 bits per heavy atom. The zero-order valence-corrected chi connectivity index (χ0v) is 19.4. The number of benzene rings is 2. The molecule has 1 aromatic heterocycles. The first kappa shape index (κ1) is 22.9. The zero-order valence-electron chi connectivity index (χ0n) is 18.6. The molecule has 33 heavy (non-hydrogen) atoms. The molecular weight excluding hydrogens is 439 g/mol. The number of amides is 2. The zero-order chi connectivity index (χ0) is 23.4. The third-order valence-electron chi connectivity index (χ3n) is 5.66. The number of thioether (sulfide) groups is 1. The molecule has 1 aliphatic rings. The first-order valence-corrected chi connectivity index (χ1v) is 11.8. The normalized spacial score (nSPS) is 16.0. The van der Waals surface area contributed by atoms with Gasteiger partial charge in [0, 0.05) is 49.5 Å². The molecule has 1 saturated heterocycles. The van der Waals surface area contributed by atoms with Crippen molar-refractivity contribution in [3.63, 3.8) is 0 Å². The predicted molar refractivity (Wildman–Crippen MR) is 126 cm³/mol. The van der Waals surface area contributed by atoms with Gasteiger partial charge in [0.15, 0.2) is 0 Å². The van der Waals surface area contributed by atoms with Crippen LogP contribution in [-0.2, 0) is 10.5 Å². The summed E-state index contributed by atoms with van der Waals surface area (Å²) < 4.78 is 13.1. The van der Waals surface area contributed by atoms with E-state index in [4.69, 9.17) is 0 Å². The van der Waals surface area contributed by atoms with Gasteiger partial charge in [0.2, 0.25) is 5.91 Å². The van der Waals surface area contributed by atoms with Gasteiger partial charge in [-0.05, 0) is 61.0 Å². The molecule has 4 rings (SSSR count). The summed E-state index contributed by atoms with van der Waals surface area (Å²) in [5, 5.41) is 9.28. The Morgan fingerprint density at radius 1 is 1.06 bits per heavy atom. The summed E-state index contributed by atoms with van der Waals surface area (Å²) in [6.45, 7) is 5.17. The van der Waals surface area contributed by atoms with Crippen LogP contribution in [0.4, 0.5) is 4.39 Å². The number of carbonyl (C=O) groups excluding carboxylic acids is 2. The lowest BCUT2D eigenvalue weighted by atomic mass is 10.1. The molecule has 0 spiro atoms. The second kappa shape index (κ2) is 10.1. The fraction of sp³-hybridized carbons (Fsp3) is 0.280. The van der Waals surface area contributed by atoms with E-state index in [2.05, 4.69) is 10.2 Å². The Labute approximate surface area is 196 Å². The summed E-state index contributed by atoms with van der Waals surface area (Å²) in [5.41, 5.74) is 3.16. The first-order valence-electron chi connectivity index (χ1n) is 10.8. The number of halogens is 1. The predicted octanol–water partition coefficient (Wildman–Crippen LogP) is 4.27. The van der Waals surface area contributed by atoms with E-state index in [1.54, 1.807) is 24.0 Å². The van der Waals surface area contributed by atoms with Crippen molar-refractivity contribution in [2.24, 2.45) is 0 Å². The molecule has 1 fully saturated rings. The van der Waals surface area contributed by atoms with Gasteiger partial charge in [0.25, 0.3) is 5.91 Å². The molecule has 8 heteroatoms. The smallest absolute Gasteiger partial charge is 0.253 e. The van der Waals surface area contributed by atoms with Crippen molar-refractivity contribution in [3.05, 3.63) is 77.6 Å². The van der Waals surface area contributed by atoms with Gasteiger partial charge in [-0.15, -0.1) is 10.2 Å². The van der Waals surface area contributed by atoms with E-state index in [-0.39, 0.29) is 23.7 Å². The van der Waals surface area contributed by atoms with Crippen molar-refractivity contribution in [2.45, 2.75) is 30.7 Å². The number of hydrogen-bond acceptors (Lipinski definition) is 5. The topological polar surface area (TPSA) is 66.4 Å². The van der Waals surface area contributed by atoms with Crippen molar-refractivity contribution >= 4 is 23.6 Å². The van der Waals surface area contributed by atoms with Gasteiger partial charge in [-0.1, -0.05) is 23.9 Å². The number of rotatable bonds is 5. The quantitative estimate of drug-likeness (QED) is 0.528. The fourth-order valence-corrected chi connectivity index (χ4v) is 4.67. The van der Waals surface area contributed by atoms with Crippen LogP contribution in [0.15, 0.2) is 65.7 Å². The van der Waals surface area contributed by atoms with Gasteiger partial charge in [0.1, 0.15) is 10.8 Å². The summed E-state index contributed by atoms with van der Waals surface area (Å²) in [6.07, 6.45) is 0. The number of hydrogen-bond donors (Lipinski definition) is 0. The van der Waals surface area contributed by atoms with Crippen molar-refractivity contribution < 1.29 is 14.0 Å². The lowest BCUT2D eigenvalue weighted by Gasteiger charge is -2.39. The van der Waals surface area contributed by atoms with Gasteiger partial charge in [-0.25, -0.2) is 4.39 Å². The number of piperazine rings is 1. The van der Waals surface area contributed by atoms with Crippen LogP contribution in [0.3, 0.4) is 0 Å². The maximum absolute atomic E-state index is 13.1. The molecule has 0 saturated carbocycles. The van der Waals surface area contributed by atoms with Crippen molar-refractivity contribution in [1.29, 1.82) is 0 Å². The van der Waals surface area contributed by atoms with Crippen LogP contribution in [0.5, 0.6) is 0 Å². The first-order chi connectivity index (χ1) is 15.9. The van der Waals surface area contributed by atoms with Crippen LogP contribution in [0.1, 0.15) is 29.8 Å². The third-order valence-corrected chi connectivity index (χ3v) is 6.65. The van der Waals surface area contributed by atoms with Crippen LogP contribution in [0, 0.1) is 5.82 Å². The second-order valence-electron chi connectivity index (χ2n) is 8.07. The lowest BCUT2D eigenvalue weighted by Crippen LogP contribution is -2.54. The van der Waals surface area contributed by atoms with Gasteiger partial charge >= 0.3 is 0 Å². The molecule has 1 unspecified atom stereocenters. The Kier molecular flexibility index (Phi) is 7.03. The number of aromatic nitrogens is 2. The molecule has 0 N–H and O–H groups in total. The lowest BCUT2D eigenvalue weighted by molar-refractivity contribution is -0.132. The van der Waals surface area contributed by atoms with Crippen molar-refractivity contribution in [3.8, 4) is 11.3 Å². The van der Waals surface area contributed by atoms with Gasteiger partial charge in [0.05, 0.1) is 5.69 Å². The van der Waals surface area contributed by atoms with E-state index in [9.17, 15) is 14.0 Å². The Hall–Kier alpha value is -3.26. The fourth-order valence-electron chi connectivity index (χ4n) is 3.92. The molecule has 2 amide bonds. The summed E-state index contributed by atoms with van der Waals surface area (Å²) in [7, 11) is 0. The standard InChI is InChI=1S/C25H25FN4O2S/c1-17-15-29(12-13-30(17)18(2)31)25(32)21-5-3-4-19(14-21)16-33-24-11-10-23(27-28-24)20-6-8-22(26)9-7-20/h3-11,14,17H,12-13,15-16H2,1-2H3. The van der Waals surface area contributed by atoms with E-state index in [1.807, 2.05) is 48.2 Å². The van der Waals surface area contributed by atoms with Crippen LogP contribution >= 0.6 is 11.8 Å². The highest BCUT2D eigenvalue weighted by atomic mass is 32.2. The molecule has 2 heterocycles. The van der Waals surface area contributed by atoms with E-state index in [0.717, 1.165) is 16.2 Å². The highest BCUT2D eigenvalue weighted by molar-refractivity contribution is 7.98. The minimum absolute atomic E-state index is 0.00962. The van der Waals surface area contributed by atoms with Crippen LogP contribution in [0.25, 0.3) is 11.3 Å². The number of carbonyl (C=O) groups is 2. The molecule has 1 aliphatic heterocycles. The Bertz CT molecular complexity index is 1140. The van der Waals surface area contributed by atoms with Crippen molar-refractivity contribution in [2.75, 3.05) is 19.6 Å². The average Bonchev–Trinajstić information content (AvgIpc) is 2.83. The summed E-state index contributed by atoms with van der Waals surface area (Å²) in [4.78, 5) is 28.3. The highest BCUT2D eigenvalue weighted by Crippen LogP contribution is 2.24. The van der Waals surface area contributed by atoms with Gasteiger partial charge in [-0.2, -0.15) is 0 Å². The minimum Gasteiger partial charge on any atom is -0.337 e. The largest absolute Gasteiger partial charge is 0.337 e. The molecule has 3 aromatic rings. The summed E-state index contributed by atoms with van der Waals surface area (Å²) >= 11 is 1.54. The summed E-state index contributed by atoms with van der Waals surface area (Å²) in [6, 6.07) is 17.5. The molecule has 0 bridgehead atoms. The molecule has 6 nitrogen and oxygen atoms in total. The van der Waals surface area contributed by atoms with E-state index >= 15 is 0 Å². The maximum Gasteiger partial charge on any atom is 0.253 e. The molecule has 1 atom stereocenters. The molecule has 170 valence electrons. The molecule has 0 radical (unpaired) electrons. The van der Waals surface area contributed by atoms with E-state index in [1.165, 1.54) is 23.9 Å². The summed E-state index contributed by atoms with van der Waals surface area (Å²) in [5.74, 6) is 0.399. The minimum atomic E-state index is -0.285. The van der Waals surface area contributed by atoms with Gasteiger partial charge < -0.3 is 9.80 Å². The van der Waals surface area contributed by atoms with Crippen LogP contribution in [-0.4, -0.2) is 57.5 Å². The average molecular weight is 465 g/mol. The van der Waals surface area contributed by atoms with E-state index in [0.29, 0.717) is 36.6 Å². The molecule has 0 aliphatic carbocycles. The SMILES string of the molecule is CC(=O)N1CCN(C(=O)c2cccc(CSc3ccc(-c4ccc(F)cc4)nn3)c2)CC1C. The van der Waals surface area contributed by atoms with Crippen LogP contribution < -0.4 is 0 Å². The highest BCUT2D eigenvalue weighted by Gasteiger charge is 2.28.